The molecule has 0 heteroatoms. The van der Waals surface area contributed by atoms with Crippen molar-refractivity contribution in [3.63, 3.8) is 0 Å². The van der Waals surface area contributed by atoms with Crippen molar-refractivity contribution in [2.24, 2.45) is 23.2 Å². The molecule has 3 unspecified atom stereocenters. The van der Waals surface area contributed by atoms with Crippen LogP contribution in [0.2, 0.25) is 0 Å². The Kier molecular flexibility index (Phi) is 3.80. The van der Waals surface area contributed by atoms with Crippen LogP contribution in [0.15, 0.2) is 11.1 Å². The second kappa shape index (κ2) is 5.26. The van der Waals surface area contributed by atoms with Crippen LogP contribution in [0.1, 0.15) is 85.0 Å². The van der Waals surface area contributed by atoms with Crippen LogP contribution in [-0.2, 0) is 0 Å². The fourth-order valence-electron chi connectivity index (χ4n) is 5.14. The molecule has 108 valence electrons. The Labute approximate surface area is 120 Å². The second-order valence-corrected chi connectivity index (χ2v) is 8.13. The number of rotatable bonds is 3. The number of hydrogen-bond acceptors (Lipinski definition) is 0. The Morgan fingerprint density at radius 3 is 2.32 bits per heavy atom. The smallest absolute Gasteiger partial charge is 0.0198 e. The molecule has 0 nitrogen and oxygen atoms in total. The molecule has 3 atom stereocenters. The van der Waals surface area contributed by atoms with Gasteiger partial charge in [0.05, 0.1) is 0 Å². The highest BCUT2D eigenvalue weighted by atomic mass is 14.5. The van der Waals surface area contributed by atoms with E-state index in [4.69, 9.17) is 0 Å². The van der Waals surface area contributed by atoms with Crippen LogP contribution in [0, 0.1) is 23.2 Å². The Bertz CT molecular complexity index is 358. The van der Waals surface area contributed by atoms with Gasteiger partial charge < -0.3 is 0 Å². The van der Waals surface area contributed by atoms with Crippen molar-refractivity contribution < 1.29 is 0 Å². The molecule has 0 amide bonds. The van der Waals surface area contributed by atoms with Gasteiger partial charge in [-0.05, 0) is 82.0 Å². The maximum absolute atomic E-state index is 2.47. The summed E-state index contributed by atoms with van der Waals surface area (Å²) >= 11 is 0. The van der Waals surface area contributed by atoms with Gasteiger partial charge in [-0.15, -0.1) is 0 Å². The van der Waals surface area contributed by atoms with Crippen LogP contribution in [0.25, 0.3) is 0 Å². The fourth-order valence-corrected chi connectivity index (χ4v) is 5.14. The molecule has 3 aliphatic carbocycles. The zero-order valence-electron chi connectivity index (χ0n) is 13.3. The largest absolute Gasteiger partial charge is 0.0738 e. The zero-order valence-corrected chi connectivity index (χ0v) is 13.3. The minimum atomic E-state index is 0.812. The average molecular weight is 260 g/mol. The van der Waals surface area contributed by atoms with E-state index in [1.807, 2.05) is 0 Å². The monoisotopic (exact) mass is 260 g/mol. The molecule has 3 rings (SSSR count). The normalized spacial score (nSPS) is 38.4. The molecule has 0 aromatic heterocycles. The van der Waals surface area contributed by atoms with E-state index in [2.05, 4.69) is 20.8 Å². The first-order valence-corrected chi connectivity index (χ1v) is 8.76. The van der Waals surface area contributed by atoms with Crippen molar-refractivity contribution in [3.8, 4) is 0 Å². The molecule has 3 fully saturated rings. The SMILES string of the molecule is CC(CC1CCCC1C)=C(C)C1CCC2(CCC2)C1. The molecule has 0 bridgehead atoms. The van der Waals surface area contributed by atoms with Gasteiger partial charge in [0.15, 0.2) is 0 Å². The second-order valence-electron chi connectivity index (χ2n) is 8.13. The molecule has 0 heterocycles. The molecule has 0 aromatic rings. The topological polar surface area (TPSA) is 0 Å². The highest BCUT2D eigenvalue weighted by Crippen LogP contribution is 2.56. The molecule has 0 aromatic carbocycles. The van der Waals surface area contributed by atoms with Crippen LogP contribution in [0.3, 0.4) is 0 Å². The number of hydrogen-bond donors (Lipinski definition) is 0. The van der Waals surface area contributed by atoms with Gasteiger partial charge in [-0.2, -0.15) is 0 Å². The van der Waals surface area contributed by atoms with Gasteiger partial charge in [-0.3, -0.25) is 0 Å². The Morgan fingerprint density at radius 1 is 1.00 bits per heavy atom. The van der Waals surface area contributed by atoms with Crippen molar-refractivity contribution in [1.82, 2.24) is 0 Å². The Morgan fingerprint density at radius 2 is 1.79 bits per heavy atom. The first kappa shape index (κ1) is 13.7. The molecule has 0 aliphatic heterocycles. The lowest BCUT2D eigenvalue weighted by Crippen LogP contribution is -2.25. The summed E-state index contributed by atoms with van der Waals surface area (Å²) in [5.41, 5.74) is 4.34. The third kappa shape index (κ3) is 2.65. The molecule has 3 aliphatic rings. The van der Waals surface area contributed by atoms with Gasteiger partial charge in [-0.1, -0.05) is 37.3 Å². The molecule has 0 radical (unpaired) electrons. The quantitative estimate of drug-likeness (QED) is 0.536. The number of allylic oxidation sites excluding steroid dienone is 2. The lowest BCUT2D eigenvalue weighted by atomic mass is 9.67. The maximum Gasteiger partial charge on any atom is -0.0198 e. The average Bonchev–Trinajstić information content (AvgIpc) is 2.95. The van der Waals surface area contributed by atoms with Crippen molar-refractivity contribution in [1.29, 1.82) is 0 Å². The van der Waals surface area contributed by atoms with Gasteiger partial charge in [0.2, 0.25) is 0 Å². The molecule has 19 heavy (non-hydrogen) atoms. The van der Waals surface area contributed by atoms with Crippen LogP contribution >= 0.6 is 0 Å². The first-order valence-electron chi connectivity index (χ1n) is 8.76. The van der Waals surface area contributed by atoms with Crippen LogP contribution < -0.4 is 0 Å². The molecule has 0 N–H and O–H groups in total. The summed E-state index contributed by atoms with van der Waals surface area (Å²) in [4.78, 5) is 0. The highest BCUT2D eigenvalue weighted by molar-refractivity contribution is 5.17. The summed E-state index contributed by atoms with van der Waals surface area (Å²) in [6.07, 6.45) is 15.0. The fraction of sp³-hybridized carbons (Fsp3) is 0.895. The summed E-state index contributed by atoms with van der Waals surface area (Å²) < 4.78 is 0. The lowest BCUT2D eigenvalue weighted by molar-refractivity contribution is 0.139. The van der Waals surface area contributed by atoms with E-state index in [1.165, 1.54) is 64.2 Å². The summed E-state index contributed by atoms with van der Waals surface area (Å²) in [6, 6.07) is 0. The van der Waals surface area contributed by atoms with Gasteiger partial charge >= 0.3 is 0 Å². The Hall–Kier alpha value is -0.260. The first-order chi connectivity index (χ1) is 9.10. The van der Waals surface area contributed by atoms with Crippen molar-refractivity contribution in [3.05, 3.63) is 11.1 Å². The van der Waals surface area contributed by atoms with Crippen LogP contribution in [0.5, 0.6) is 0 Å². The summed E-state index contributed by atoms with van der Waals surface area (Å²) in [5.74, 6) is 2.91. The predicted octanol–water partition coefficient (Wildman–Crippen LogP) is 6.12. The van der Waals surface area contributed by atoms with Crippen molar-refractivity contribution in [2.45, 2.75) is 85.0 Å². The van der Waals surface area contributed by atoms with Gasteiger partial charge in [0, 0.05) is 0 Å². The van der Waals surface area contributed by atoms with E-state index >= 15 is 0 Å². The molecule has 1 spiro atoms. The van der Waals surface area contributed by atoms with Gasteiger partial charge in [0.25, 0.3) is 0 Å². The Balaban J connectivity index is 1.61. The zero-order chi connectivity index (χ0) is 13.5. The standard InChI is InChI=1S/C19H32/c1-14-6-4-7-17(14)12-15(2)16(3)18-8-11-19(13-18)9-5-10-19/h14,17-18H,4-13H2,1-3H3. The minimum Gasteiger partial charge on any atom is -0.0738 e. The van der Waals surface area contributed by atoms with E-state index in [-0.39, 0.29) is 0 Å². The van der Waals surface area contributed by atoms with E-state index in [0.29, 0.717) is 0 Å². The highest BCUT2D eigenvalue weighted by Gasteiger charge is 2.43. The van der Waals surface area contributed by atoms with Gasteiger partial charge in [-0.25, -0.2) is 0 Å². The molecular weight excluding hydrogens is 228 g/mol. The summed E-state index contributed by atoms with van der Waals surface area (Å²) in [6.45, 7) is 7.36. The minimum absolute atomic E-state index is 0.812. The third-order valence-corrected chi connectivity index (χ3v) is 7.01. The molecule has 0 saturated heterocycles. The summed E-state index contributed by atoms with van der Waals surface area (Å²) in [5, 5.41) is 0. The van der Waals surface area contributed by atoms with Crippen LogP contribution in [-0.4, -0.2) is 0 Å². The lowest BCUT2D eigenvalue weighted by Gasteiger charge is -2.38. The van der Waals surface area contributed by atoms with E-state index in [0.717, 1.165) is 23.2 Å². The third-order valence-electron chi connectivity index (χ3n) is 7.01. The van der Waals surface area contributed by atoms with Gasteiger partial charge in [0.1, 0.15) is 0 Å². The van der Waals surface area contributed by atoms with E-state index < -0.39 is 0 Å². The molecule has 3 saturated carbocycles. The van der Waals surface area contributed by atoms with Crippen molar-refractivity contribution >= 4 is 0 Å². The summed E-state index contributed by atoms with van der Waals surface area (Å²) in [7, 11) is 0. The predicted molar refractivity (Wildman–Crippen MR) is 83.1 cm³/mol. The van der Waals surface area contributed by atoms with Crippen LogP contribution in [0.4, 0.5) is 0 Å². The van der Waals surface area contributed by atoms with E-state index in [1.54, 1.807) is 11.1 Å². The van der Waals surface area contributed by atoms with E-state index in [9.17, 15) is 0 Å². The maximum atomic E-state index is 2.47. The van der Waals surface area contributed by atoms with Crippen molar-refractivity contribution in [2.75, 3.05) is 0 Å². The molecular formula is C19H32.